The van der Waals surface area contributed by atoms with E-state index in [0.29, 0.717) is 0 Å². The fourth-order valence-corrected chi connectivity index (χ4v) is 5.45. The Morgan fingerprint density at radius 3 is 2.22 bits per heavy atom. The first-order valence-electron chi connectivity index (χ1n) is 7.31. The Kier molecular flexibility index (Phi) is 2.20. The van der Waals surface area contributed by atoms with E-state index in [9.17, 15) is 5.11 Å². The van der Waals surface area contributed by atoms with Crippen LogP contribution < -0.4 is 0 Å². The highest BCUT2D eigenvalue weighted by Gasteiger charge is 2.54. The zero-order valence-corrected chi connectivity index (χ0v) is 11.0. The zero-order chi connectivity index (χ0) is 12.3. The summed E-state index contributed by atoms with van der Waals surface area (Å²) in [6.45, 7) is 0. The second-order valence-corrected chi connectivity index (χ2v) is 7.13. The van der Waals surface area contributed by atoms with Gasteiger partial charge in [0.25, 0.3) is 0 Å². The van der Waals surface area contributed by atoms with Crippen LogP contribution in [-0.4, -0.2) is 14.9 Å². The van der Waals surface area contributed by atoms with Crippen LogP contribution >= 0.6 is 0 Å². The molecule has 0 spiro atoms. The van der Waals surface area contributed by atoms with Gasteiger partial charge in [0.05, 0.1) is 12.3 Å². The maximum absolute atomic E-state index is 10.8. The van der Waals surface area contributed by atoms with Gasteiger partial charge in [0.2, 0.25) is 0 Å². The van der Waals surface area contributed by atoms with Crippen molar-refractivity contribution in [2.75, 3.05) is 0 Å². The van der Waals surface area contributed by atoms with Crippen LogP contribution in [0.5, 0.6) is 0 Å². The topological polar surface area (TPSA) is 38.0 Å². The van der Waals surface area contributed by atoms with Gasteiger partial charge in [0, 0.05) is 24.2 Å². The fourth-order valence-electron chi connectivity index (χ4n) is 5.45. The monoisotopic (exact) mass is 246 g/mol. The Hall–Kier alpha value is -0.830. The molecular weight excluding hydrogens is 224 g/mol. The minimum atomic E-state index is -0.292. The van der Waals surface area contributed by atoms with E-state index in [2.05, 4.69) is 5.10 Å². The van der Waals surface area contributed by atoms with Crippen LogP contribution in [0.2, 0.25) is 0 Å². The smallest absolute Gasteiger partial charge is 0.0876 e. The SMILES string of the molecule is Cn1cc(C(O)C23CC4CC(CC(C4)C2)C3)cn1. The Morgan fingerprint density at radius 1 is 1.22 bits per heavy atom. The van der Waals surface area contributed by atoms with Crippen molar-refractivity contribution < 1.29 is 5.11 Å². The number of nitrogens with zero attached hydrogens (tertiary/aromatic N) is 2. The number of hydrogen-bond acceptors (Lipinski definition) is 2. The number of aromatic nitrogens is 2. The third kappa shape index (κ3) is 1.49. The van der Waals surface area contributed by atoms with E-state index in [1.54, 1.807) is 4.68 Å². The van der Waals surface area contributed by atoms with Gasteiger partial charge in [-0.15, -0.1) is 0 Å². The normalized spacial score (nSPS) is 43.3. The highest BCUT2D eigenvalue weighted by Crippen LogP contribution is 2.63. The van der Waals surface area contributed by atoms with Crippen molar-refractivity contribution in [1.82, 2.24) is 9.78 Å². The Labute approximate surface area is 108 Å². The summed E-state index contributed by atoms with van der Waals surface area (Å²) in [4.78, 5) is 0. The number of hydrogen-bond donors (Lipinski definition) is 1. The van der Waals surface area contributed by atoms with Crippen molar-refractivity contribution in [2.45, 2.75) is 44.6 Å². The molecule has 98 valence electrons. The minimum Gasteiger partial charge on any atom is -0.388 e. The maximum atomic E-state index is 10.8. The molecule has 0 aromatic carbocycles. The standard InChI is InChI=1S/C15H22N2O/c1-17-9-13(8-16-17)14(18)15-5-10-2-11(6-15)4-12(3-10)7-15/h8-12,14,18H,2-7H2,1H3. The van der Waals surface area contributed by atoms with Crippen LogP contribution in [0, 0.1) is 23.2 Å². The third-order valence-corrected chi connectivity index (χ3v) is 5.71. The van der Waals surface area contributed by atoms with Gasteiger partial charge < -0.3 is 5.11 Å². The number of aryl methyl sites for hydroxylation is 1. The van der Waals surface area contributed by atoms with Crippen LogP contribution in [0.3, 0.4) is 0 Å². The molecule has 4 fully saturated rings. The van der Waals surface area contributed by atoms with Crippen molar-refractivity contribution in [2.24, 2.45) is 30.2 Å². The van der Waals surface area contributed by atoms with E-state index in [1.165, 1.54) is 38.5 Å². The van der Waals surface area contributed by atoms with Crippen molar-refractivity contribution in [3.63, 3.8) is 0 Å². The van der Waals surface area contributed by atoms with Gasteiger partial charge in [0.1, 0.15) is 0 Å². The van der Waals surface area contributed by atoms with E-state index in [0.717, 1.165) is 23.3 Å². The van der Waals surface area contributed by atoms with Crippen molar-refractivity contribution >= 4 is 0 Å². The predicted octanol–water partition coefficient (Wildman–Crippen LogP) is 2.67. The largest absolute Gasteiger partial charge is 0.388 e. The van der Waals surface area contributed by atoms with Crippen LogP contribution in [0.15, 0.2) is 12.4 Å². The van der Waals surface area contributed by atoms with Crippen molar-refractivity contribution in [1.29, 1.82) is 0 Å². The molecule has 4 saturated carbocycles. The lowest BCUT2D eigenvalue weighted by atomic mass is 9.48. The summed E-state index contributed by atoms with van der Waals surface area (Å²) in [7, 11) is 1.93. The number of aliphatic hydroxyl groups is 1. The second-order valence-electron chi connectivity index (χ2n) is 7.13. The van der Waals surface area contributed by atoms with Crippen LogP contribution in [-0.2, 0) is 7.05 Å². The van der Waals surface area contributed by atoms with Gasteiger partial charge in [-0.05, 0) is 56.3 Å². The average Bonchev–Trinajstić information content (AvgIpc) is 2.73. The lowest BCUT2D eigenvalue weighted by Gasteiger charge is -2.58. The van der Waals surface area contributed by atoms with E-state index in [4.69, 9.17) is 0 Å². The molecule has 5 rings (SSSR count). The highest BCUT2D eigenvalue weighted by molar-refractivity contribution is 5.16. The third-order valence-electron chi connectivity index (χ3n) is 5.71. The fraction of sp³-hybridized carbons (Fsp3) is 0.800. The summed E-state index contributed by atoms with van der Waals surface area (Å²) < 4.78 is 1.80. The summed E-state index contributed by atoms with van der Waals surface area (Å²) in [5.74, 6) is 2.67. The maximum Gasteiger partial charge on any atom is 0.0876 e. The zero-order valence-electron chi connectivity index (χ0n) is 11.0. The molecule has 0 aliphatic heterocycles. The van der Waals surface area contributed by atoms with Gasteiger partial charge in [-0.25, -0.2) is 0 Å². The Bertz CT molecular complexity index is 430. The molecule has 4 aliphatic rings. The second kappa shape index (κ2) is 3.60. The number of aliphatic hydroxyl groups excluding tert-OH is 1. The van der Waals surface area contributed by atoms with E-state index in [1.807, 2.05) is 19.4 Å². The summed E-state index contributed by atoms with van der Waals surface area (Å²) in [6.07, 6.45) is 11.6. The first-order chi connectivity index (χ1) is 8.64. The molecule has 0 radical (unpaired) electrons. The lowest BCUT2D eigenvalue weighted by molar-refractivity contribution is -0.122. The Balaban J connectivity index is 1.67. The summed E-state index contributed by atoms with van der Waals surface area (Å²) in [6, 6.07) is 0. The van der Waals surface area contributed by atoms with Crippen LogP contribution in [0.1, 0.15) is 50.2 Å². The molecular formula is C15H22N2O. The van der Waals surface area contributed by atoms with Gasteiger partial charge in [-0.3, -0.25) is 4.68 Å². The van der Waals surface area contributed by atoms with Gasteiger partial charge in [-0.1, -0.05) is 0 Å². The molecule has 4 bridgehead atoms. The quantitative estimate of drug-likeness (QED) is 0.871. The Morgan fingerprint density at radius 2 is 1.78 bits per heavy atom. The molecule has 1 aromatic rings. The minimum absolute atomic E-state index is 0.178. The molecule has 0 amide bonds. The highest BCUT2D eigenvalue weighted by atomic mass is 16.3. The molecule has 0 saturated heterocycles. The predicted molar refractivity (Wildman–Crippen MR) is 68.8 cm³/mol. The van der Waals surface area contributed by atoms with Gasteiger partial charge in [0.15, 0.2) is 0 Å². The summed E-state index contributed by atoms with van der Waals surface area (Å²) >= 11 is 0. The molecule has 1 heterocycles. The molecule has 4 aliphatic carbocycles. The summed E-state index contributed by atoms with van der Waals surface area (Å²) in [5.41, 5.74) is 1.21. The first-order valence-corrected chi connectivity index (χ1v) is 7.31. The van der Waals surface area contributed by atoms with Crippen molar-refractivity contribution in [3.8, 4) is 0 Å². The van der Waals surface area contributed by atoms with Gasteiger partial charge >= 0.3 is 0 Å². The lowest BCUT2D eigenvalue weighted by Crippen LogP contribution is -2.48. The van der Waals surface area contributed by atoms with E-state index < -0.39 is 0 Å². The molecule has 3 heteroatoms. The molecule has 3 nitrogen and oxygen atoms in total. The van der Waals surface area contributed by atoms with Gasteiger partial charge in [-0.2, -0.15) is 5.10 Å². The molecule has 18 heavy (non-hydrogen) atoms. The van der Waals surface area contributed by atoms with E-state index >= 15 is 0 Å². The molecule has 1 atom stereocenters. The first kappa shape index (κ1) is 11.0. The van der Waals surface area contributed by atoms with Crippen molar-refractivity contribution in [3.05, 3.63) is 18.0 Å². The number of rotatable bonds is 2. The van der Waals surface area contributed by atoms with Crippen LogP contribution in [0.4, 0.5) is 0 Å². The molecule has 1 aromatic heterocycles. The molecule has 1 unspecified atom stereocenters. The summed E-state index contributed by atoms with van der Waals surface area (Å²) in [5, 5.41) is 15.1. The molecule has 1 N–H and O–H groups in total. The van der Waals surface area contributed by atoms with Crippen LogP contribution in [0.25, 0.3) is 0 Å². The average molecular weight is 246 g/mol. The van der Waals surface area contributed by atoms with E-state index in [-0.39, 0.29) is 11.5 Å².